The van der Waals surface area contributed by atoms with Gasteiger partial charge in [0, 0.05) is 5.02 Å². The molecule has 8 heteroatoms. The van der Waals surface area contributed by atoms with Crippen molar-refractivity contribution in [3.8, 4) is 11.5 Å². The van der Waals surface area contributed by atoms with Crippen molar-refractivity contribution in [3.63, 3.8) is 0 Å². The fourth-order valence-corrected chi connectivity index (χ4v) is 5.14. The van der Waals surface area contributed by atoms with Gasteiger partial charge in [-0.25, -0.2) is 0 Å². The molecule has 3 aromatic rings. The third kappa shape index (κ3) is 5.41. The number of hydrogen-bond acceptors (Lipinski definition) is 5. The molecule has 0 aromatic heterocycles. The van der Waals surface area contributed by atoms with Crippen molar-refractivity contribution in [1.29, 1.82) is 0 Å². The van der Waals surface area contributed by atoms with Gasteiger partial charge < -0.3 is 9.47 Å². The van der Waals surface area contributed by atoms with E-state index in [1.54, 1.807) is 17.0 Å². The standard InChI is InChI=1S/C26H21Cl2NO3S2/c1-3-31-22-13-18(12-20(28)24(22)32-15-17-8-10-19(27)11-9-17)14-23-25(30)29(26(33)34-23)21-7-5-4-6-16(21)2/h4-14H,3,15H2,1-2H3/b23-14+. The van der Waals surface area contributed by atoms with E-state index >= 15 is 0 Å². The highest BCUT2D eigenvalue weighted by Gasteiger charge is 2.34. The van der Waals surface area contributed by atoms with Gasteiger partial charge in [0.2, 0.25) is 0 Å². The minimum absolute atomic E-state index is 0.165. The Morgan fingerprint density at radius 2 is 1.79 bits per heavy atom. The molecule has 0 atom stereocenters. The Morgan fingerprint density at radius 3 is 2.50 bits per heavy atom. The number of carbonyl (C=O) groups is 1. The smallest absolute Gasteiger partial charge is 0.270 e. The maximum atomic E-state index is 13.2. The first-order chi connectivity index (χ1) is 16.4. The third-order valence-electron chi connectivity index (χ3n) is 5.08. The number of anilines is 1. The Balaban J connectivity index is 1.60. The summed E-state index contributed by atoms with van der Waals surface area (Å²) in [6.45, 7) is 4.59. The minimum atomic E-state index is -0.165. The van der Waals surface area contributed by atoms with Crippen LogP contribution in [0.25, 0.3) is 6.08 Å². The van der Waals surface area contributed by atoms with Crippen LogP contribution in [0.2, 0.25) is 10.0 Å². The predicted molar refractivity (Wildman–Crippen MR) is 145 cm³/mol. The van der Waals surface area contributed by atoms with Gasteiger partial charge in [-0.05, 0) is 66.9 Å². The molecule has 1 heterocycles. The number of carbonyl (C=O) groups excluding carboxylic acids is 1. The van der Waals surface area contributed by atoms with Crippen molar-refractivity contribution in [3.05, 3.63) is 92.3 Å². The molecule has 0 spiro atoms. The first-order valence-corrected chi connectivity index (χ1v) is 12.5. The molecule has 1 fully saturated rings. The lowest BCUT2D eigenvalue weighted by Crippen LogP contribution is -2.28. The monoisotopic (exact) mass is 529 g/mol. The molecule has 0 N–H and O–H groups in total. The van der Waals surface area contributed by atoms with Gasteiger partial charge in [0.1, 0.15) is 6.61 Å². The third-order valence-corrected chi connectivity index (χ3v) is 6.91. The summed E-state index contributed by atoms with van der Waals surface area (Å²) in [5, 5.41) is 1.05. The van der Waals surface area contributed by atoms with Crippen molar-refractivity contribution in [2.75, 3.05) is 11.5 Å². The summed E-state index contributed by atoms with van der Waals surface area (Å²) in [4.78, 5) is 15.3. The van der Waals surface area contributed by atoms with Gasteiger partial charge in [-0.3, -0.25) is 9.69 Å². The van der Waals surface area contributed by atoms with Gasteiger partial charge in [0.05, 0.1) is 22.2 Å². The summed E-state index contributed by atoms with van der Waals surface area (Å²) >= 11 is 19.3. The summed E-state index contributed by atoms with van der Waals surface area (Å²) in [6.07, 6.45) is 1.77. The van der Waals surface area contributed by atoms with E-state index in [1.165, 1.54) is 11.8 Å². The molecule has 1 aliphatic heterocycles. The van der Waals surface area contributed by atoms with Crippen molar-refractivity contribution in [1.82, 2.24) is 0 Å². The van der Waals surface area contributed by atoms with Crippen molar-refractivity contribution >= 4 is 69.2 Å². The fourth-order valence-electron chi connectivity index (χ4n) is 3.45. The number of thioether (sulfide) groups is 1. The lowest BCUT2D eigenvalue weighted by atomic mass is 10.1. The summed E-state index contributed by atoms with van der Waals surface area (Å²) in [5.74, 6) is 0.786. The van der Waals surface area contributed by atoms with E-state index in [9.17, 15) is 4.79 Å². The fraction of sp³-hybridized carbons (Fsp3) is 0.154. The summed E-state index contributed by atoms with van der Waals surface area (Å²) in [7, 11) is 0. The molecule has 1 amide bonds. The van der Waals surface area contributed by atoms with E-state index in [2.05, 4.69) is 0 Å². The second kappa shape index (κ2) is 10.8. The van der Waals surface area contributed by atoms with Gasteiger partial charge in [0.15, 0.2) is 15.8 Å². The Morgan fingerprint density at radius 1 is 1.06 bits per heavy atom. The molecule has 1 saturated heterocycles. The lowest BCUT2D eigenvalue weighted by Gasteiger charge is -2.17. The van der Waals surface area contributed by atoms with E-state index in [4.69, 9.17) is 44.9 Å². The SMILES string of the molecule is CCOc1cc(/C=C2/SC(=S)N(c3ccccc3C)C2=O)cc(Cl)c1OCc1ccc(Cl)cc1. The highest BCUT2D eigenvalue weighted by Crippen LogP contribution is 2.41. The Kier molecular flexibility index (Phi) is 7.84. The zero-order chi connectivity index (χ0) is 24.2. The number of ether oxygens (including phenoxy) is 2. The van der Waals surface area contributed by atoms with E-state index in [0.717, 1.165) is 22.4 Å². The van der Waals surface area contributed by atoms with Gasteiger partial charge in [0.25, 0.3) is 5.91 Å². The maximum Gasteiger partial charge on any atom is 0.270 e. The number of amides is 1. The van der Waals surface area contributed by atoms with Crippen LogP contribution in [-0.4, -0.2) is 16.8 Å². The molecular formula is C26H21Cl2NO3S2. The first-order valence-electron chi connectivity index (χ1n) is 10.5. The molecule has 0 aliphatic carbocycles. The van der Waals surface area contributed by atoms with Crippen molar-refractivity contribution in [2.24, 2.45) is 0 Å². The summed E-state index contributed by atoms with van der Waals surface area (Å²) in [6, 6.07) is 18.6. The van der Waals surface area contributed by atoms with E-state index in [-0.39, 0.29) is 5.91 Å². The number of para-hydroxylation sites is 1. The topological polar surface area (TPSA) is 38.8 Å². The zero-order valence-corrected chi connectivity index (χ0v) is 21.7. The minimum Gasteiger partial charge on any atom is -0.490 e. The Bertz CT molecular complexity index is 1280. The number of thiocarbonyl (C=S) groups is 1. The molecule has 4 rings (SSSR count). The van der Waals surface area contributed by atoms with E-state index < -0.39 is 0 Å². The predicted octanol–water partition coefficient (Wildman–Crippen LogP) is 7.69. The average molecular weight is 530 g/mol. The molecule has 0 saturated carbocycles. The Hall–Kier alpha value is -2.51. The molecule has 4 nitrogen and oxygen atoms in total. The summed E-state index contributed by atoms with van der Waals surface area (Å²) < 4.78 is 12.3. The molecule has 3 aromatic carbocycles. The van der Waals surface area contributed by atoms with Crippen LogP contribution in [-0.2, 0) is 11.4 Å². The molecular weight excluding hydrogens is 509 g/mol. The normalized spacial score (nSPS) is 14.7. The number of nitrogens with zero attached hydrogens (tertiary/aromatic N) is 1. The average Bonchev–Trinajstić information content (AvgIpc) is 3.07. The number of rotatable bonds is 7. The molecule has 174 valence electrons. The second-order valence-corrected chi connectivity index (χ2v) is 10.0. The molecule has 0 bridgehead atoms. The number of halogens is 2. The van der Waals surface area contributed by atoms with Crippen molar-refractivity contribution < 1.29 is 14.3 Å². The van der Waals surface area contributed by atoms with Crippen LogP contribution in [0.5, 0.6) is 11.5 Å². The van der Waals surface area contributed by atoms with Crippen LogP contribution < -0.4 is 14.4 Å². The summed E-state index contributed by atoms with van der Waals surface area (Å²) in [5.41, 5.74) is 3.43. The number of benzene rings is 3. The van der Waals surface area contributed by atoms with Crippen LogP contribution in [0.4, 0.5) is 5.69 Å². The quantitative estimate of drug-likeness (QED) is 0.231. The van der Waals surface area contributed by atoms with Crippen LogP contribution >= 0.6 is 47.2 Å². The first kappa shape index (κ1) is 24.6. The van der Waals surface area contributed by atoms with Crippen LogP contribution in [0.15, 0.2) is 65.6 Å². The van der Waals surface area contributed by atoms with Crippen molar-refractivity contribution in [2.45, 2.75) is 20.5 Å². The van der Waals surface area contributed by atoms with Gasteiger partial charge in [-0.15, -0.1) is 0 Å². The largest absolute Gasteiger partial charge is 0.490 e. The lowest BCUT2D eigenvalue weighted by molar-refractivity contribution is -0.113. The zero-order valence-electron chi connectivity index (χ0n) is 18.5. The second-order valence-electron chi connectivity index (χ2n) is 7.48. The highest BCUT2D eigenvalue weighted by atomic mass is 35.5. The molecule has 0 unspecified atom stereocenters. The maximum absolute atomic E-state index is 13.2. The molecule has 0 radical (unpaired) electrons. The number of aryl methyl sites for hydroxylation is 1. The highest BCUT2D eigenvalue weighted by molar-refractivity contribution is 8.27. The van der Waals surface area contributed by atoms with Crippen LogP contribution in [0, 0.1) is 6.92 Å². The Labute approximate surface area is 218 Å². The van der Waals surface area contributed by atoms with E-state index in [1.807, 2.05) is 68.4 Å². The van der Waals surface area contributed by atoms with Gasteiger partial charge >= 0.3 is 0 Å². The van der Waals surface area contributed by atoms with Gasteiger partial charge in [-0.2, -0.15) is 0 Å². The van der Waals surface area contributed by atoms with Crippen LogP contribution in [0.3, 0.4) is 0 Å². The number of hydrogen-bond donors (Lipinski definition) is 0. The van der Waals surface area contributed by atoms with Crippen LogP contribution in [0.1, 0.15) is 23.6 Å². The molecule has 34 heavy (non-hydrogen) atoms. The molecule has 1 aliphatic rings. The van der Waals surface area contributed by atoms with E-state index in [0.29, 0.717) is 44.0 Å². The van der Waals surface area contributed by atoms with Gasteiger partial charge in [-0.1, -0.05) is 77.5 Å².